The minimum absolute atomic E-state index is 0.216. The first-order valence-corrected chi connectivity index (χ1v) is 6.78. The molecule has 0 aliphatic carbocycles. The first kappa shape index (κ1) is 13.4. The van der Waals surface area contributed by atoms with Crippen molar-refractivity contribution in [2.45, 2.75) is 18.2 Å². The van der Waals surface area contributed by atoms with E-state index in [4.69, 9.17) is 15.9 Å². The summed E-state index contributed by atoms with van der Waals surface area (Å²) in [5.41, 5.74) is -0.737. The molecular weight excluding hydrogens is 268 g/mol. The monoisotopic (exact) mass is 274 g/mol. The minimum atomic E-state index is -4.35. The maximum absolute atomic E-state index is 11.3. The van der Waals surface area contributed by atoms with E-state index in [1.165, 1.54) is 12.1 Å². The van der Waals surface area contributed by atoms with Gasteiger partial charge in [-0.2, -0.15) is 5.26 Å². The molecule has 0 aromatic heterocycles. The molecule has 0 fully saturated rings. The van der Waals surface area contributed by atoms with Gasteiger partial charge in [0.15, 0.2) is 4.90 Å². The Morgan fingerprint density at radius 1 is 1.53 bits per heavy atom. The molecule has 0 amide bonds. The van der Waals surface area contributed by atoms with Crippen molar-refractivity contribution >= 4 is 25.4 Å². The largest absolute Gasteiger partial charge is 0.293 e. The van der Waals surface area contributed by atoms with E-state index in [9.17, 15) is 18.5 Å². The Kier molecular flexibility index (Phi) is 3.70. The summed E-state index contributed by atoms with van der Waals surface area (Å²) in [4.78, 5) is 9.32. The molecule has 0 unspecified atom stereocenters. The molecule has 0 heterocycles. The van der Waals surface area contributed by atoms with E-state index in [0.29, 0.717) is 0 Å². The van der Waals surface area contributed by atoms with Gasteiger partial charge in [0.2, 0.25) is 0 Å². The topological polar surface area (TPSA) is 101 Å². The molecule has 17 heavy (non-hydrogen) atoms. The summed E-state index contributed by atoms with van der Waals surface area (Å²) in [5.74, 6) is 0. The number of aryl methyl sites for hydroxylation is 1. The van der Waals surface area contributed by atoms with E-state index in [0.717, 1.165) is 0 Å². The lowest BCUT2D eigenvalue weighted by molar-refractivity contribution is -0.388. The van der Waals surface area contributed by atoms with Crippen molar-refractivity contribution in [3.63, 3.8) is 0 Å². The van der Waals surface area contributed by atoms with Crippen molar-refractivity contribution in [3.05, 3.63) is 33.4 Å². The Balaban J connectivity index is 3.86. The predicted octanol–water partition coefficient (Wildman–Crippen LogP) is 1.96. The number of nitrogens with zero attached hydrogens (tertiary/aromatic N) is 2. The van der Waals surface area contributed by atoms with Gasteiger partial charge in [-0.25, -0.2) is 8.42 Å². The zero-order valence-corrected chi connectivity index (χ0v) is 10.2. The number of rotatable bonds is 3. The molecule has 0 aliphatic heterocycles. The molecule has 6 nitrogen and oxygen atoms in total. The lowest BCUT2D eigenvalue weighted by Crippen LogP contribution is -2.05. The van der Waals surface area contributed by atoms with Crippen molar-refractivity contribution in [3.8, 4) is 6.07 Å². The highest BCUT2D eigenvalue weighted by Crippen LogP contribution is 2.33. The lowest BCUT2D eigenvalue weighted by Gasteiger charge is -2.05. The van der Waals surface area contributed by atoms with Crippen molar-refractivity contribution in [1.29, 1.82) is 5.26 Å². The average molecular weight is 275 g/mol. The maximum Gasteiger partial charge on any atom is 0.293 e. The van der Waals surface area contributed by atoms with E-state index in [-0.39, 0.29) is 17.5 Å². The van der Waals surface area contributed by atoms with Gasteiger partial charge < -0.3 is 0 Å². The molecule has 0 saturated heterocycles. The Labute approximate surface area is 102 Å². The van der Waals surface area contributed by atoms with Crippen LogP contribution in [0.3, 0.4) is 0 Å². The smallest absolute Gasteiger partial charge is 0.258 e. The highest BCUT2D eigenvalue weighted by molar-refractivity contribution is 8.13. The van der Waals surface area contributed by atoms with Crippen LogP contribution in [0.1, 0.15) is 18.1 Å². The summed E-state index contributed by atoms with van der Waals surface area (Å²) in [5, 5.41) is 19.6. The third-order valence-corrected chi connectivity index (χ3v) is 3.51. The van der Waals surface area contributed by atoms with Crippen molar-refractivity contribution < 1.29 is 13.3 Å². The number of hydrogen-bond acceptors (Lipinski definition) is 5. The Morgan fingerprint density at radius 2 is 2.12 bits per heavy atom. The van der Waals surface area contributed by atoms with Crippen LogP contribution < -0.4 is 0 Å². The SMILES string of the molecule is CCc1ccc(C#N)c(S(=O)(=O)Cl)c1[N+](=O)[O-]. The fourth-order valence-corrected chi connectivity index (χ4v) is 2.71. The molecule has 90 valence electrons. The van der Waals surface area contributed by atoms with Gasteiger partial charge in [0.25, 0.3) is 14.7 Å². The number of halogens is 1. The van der Waals surface area contributed by atoms with Crippen LogP contribution >= 0.6 is 10.7 Å². The van der Waals surface area contributed by atoms with Gasteiger partial charge in [0.05, 0.1) is 10.5 Å². The van der Waals surface area contributed by atoms with Crippen LogP contribution in [0.2, 0.25) is 0 Å². The average Bonchev–Trinajstić information content (AvgIpc) is 2.25. The van der Waals surface area contributed by atoms with Gasteiger partial charge in [-0.05, 0) is 12.5 Å². The molecule has 0 atom stereocenters. The van der Waals surface area contributed by atoms with Crippen LogP contribution in [-0.4, -0.2) is 13.3 Å². The van der Waals surface area contributed by atoms with Gasteiger partial charge in [-0.3, -0.25) is 10.1 Å². The van der Waals surface area contributed by atoms with Crippen molar-refractivity contribution in [2.75, 3.05) is 0 Å². The van der Waals surface area contributed by atoms with E-state index >= 15 is 0 Å². The fourth-order valence-electron chi connectivity index (χ4n) is 1.43. The summed E-state index contributed by atoms with van der Waals surface area (Å²) in [6.07, 6.45) is 0.265. The van der Waals surface area contributed by atoms with Crippen LogP contribution in [0.25, 0.3) is 0 Å². The number of nitriles is 1. The van der Waals surface area contributed by atoms with Gasteiger partial charge in [-0.15, -0.1) is 0 Å². The van der Waals surface area contributed by atoms with Gasteiger partial charge in [0.1, 0.15) is 6.07 Å². The minimum Gasteiger partial charge on any atom is -0.258 e. The zero-order chi connectivity index (χ0) is 13.2. The molecule has 1 rings (SSSR count). The molecule has 1 aromatic rings. The second kappa shape index (κ2) is 4.69. The third kappa shape index (κ3) is 2.54. The van der Waals surface area contributed by atoms with Crippen molar-refractivity contribution in [1.82, 2.24) is 0 Å². The molecule has 0 N–H and O–H groups in total. The van der Waals surface area contributed by atoms with Crippen LogP contribution in [0.15, 0.2) is 17.0 Å². The van der Waals surface area contributed by atoms with Gasteiger partial charge in [-0.1, -0.05) is 13.0 Å². The predicted molar refractivity (Wildman–Crippen MR) is 60.2 cm³/mol. The second-order valence-corrected chi connectivity index (χ2v) is 5.61. The van der Waals surface area contributed by atoms with Gasteiger partial charge in [0, 0.05) is 16.2 Å². The summed E-state index contributed by atoms with van der Waals surface area (Å²) in [7, 11) is 0.792. The van der Waals surface area contributed by atoms with E-state index in [1.54, 1.807) is 13.0 Å². The van der Waals surface area contributed by atoms with Gasteiger partial charge >= 0.3 is 0 Å². The normalized spacial score (nSPS) is 10.9. The van der Waals surface area contributed by atoms with Crippen LogP contribution in [-0.2, 0) is 15.5 Å². The number of nitro groups is 1. The second-order valence-electron chi connectivity index (χ2n) is 3.11. The molecule has 0 spiro atoms. The van der Waals surface area contributed by atoms with Crippen LogP contribution in [0.5, 0.6) is 0 Å². The summed E-state index contributed by atoms with van der Waals surface area (Å²) in [6.45, 7) is 1.64. The van der Waals surface area contributed by atoms with Crippen LogP contribution in [0, 0.1) is 21.4 Å². The van der Waals surface area contributed by atoms with E-state index in [1.807, 2.05) is 0 Å². The molecule has 8 heteroatoms. The molecular formula is C9H7ClN2O4S. The number of nitro benzene ring substituents is 1. The fraction of sp³-hybridized carbons (Fsp3) is 0.222. The van der Waals surface area contributed by atoms with Crippen LogP contribution in [0.4, 0.5) is 5.69 Å². The summed E-state index contributed by atoms with van der Waals surface area (Å²) in [6, 6.07) is 4.14. The maximum atomic E-state index is 11.3. The zero-order valence-electron chi connectivity index (χ0n) is 8.68. The molecule has 0 aliphatic rings. The summed E-state index contributed by atoms with van der Waals surface area (Å²) >= 11 is 0. The standard InChI is InChI=1S/C9H7ClN2O4S/c1-2-6-3-4-7(5-11)9(17(10,15)16)8(6)12(13)14/h3-4H,2H2,1H3. The molecule has 0 bridgehead atoms. The molecule has 0 radical (unpaired) electrons. The first-order valence-electron chi connectivity index (χ1n) is 4.48. The highest BCUT2D eigenvalue weighted by Gasteiger charge is 2.30. The lowest BCUT2D eigenvalue weighted by atomic mass is 10.1. The van der Waals surface area contributed by atoms with Crippen molar-refractivity contribution in [2.24, 2.45) is 0 Å². The number of benzene rings is 1. The Hall–Kier alpha value is -1.65. The van der Waals surface area contributed by atoms with E-state index in [2.05, 4.69) is 0 Å². The third-order valence-electron chi connectivity index (χ3n) is 2.14. The molecule has 0 saturated carbocycles. The number of hydrogen-bond donors (Lipinski definition) is 0. The Bertz CT molecular complexity index is 619. The highest BCUT2D eigenvalue weighted by atomic mass is 35.7. The first-order chi connectivity index (χ1) is 7.82. The molecule has 1 aromatic carbocycles. The summed E-state index contributed by atoms with van der Waals surface area (Å²) < 4.78 is 22.6. The quantitative estimate of drug-likeness (QED) is 0.476. The van der Waals surface area contributed by atoms with E-state index < -0.39 is 24.6 Å². The Morgan fingerprint density at radius 3 is 2.47 bits per heavy atom.